The molecule has 0 fully saturated rings. The summed E-state index contributed by atoms with van der Waals surface area (Å²) in [6, 6.07) is 7.67. The molecule has 13 heavy (non-hydrogen) atoms. The van der Waals surface area contributed by atoms with Crippen LogP contribution < -0.4 is 0 Å². The summed E-state index contributed by atoms with van der Waals surface area (Å²) in [5.74, 6) is 0. The second-order valence-electron chi connectivity index (χ2n) is 2.64. The van der Waals surface area contributed by atoms with Gasteiger partial charge in [0, 0.05) is 22.7 Å². The average molecular weight is 195 g/mol. The molecule has 0 aliphatic rings. The van der Waals surface area contributed by atoms with E-state index < -0.39 is 0 Å². The fourth-order valence-electron chi connectivity index (χ4n) is 1.30. The van der Waals surface area contributed by atoms with Gasteiger partial charge in [0.25, 0.3) is 0 Å². The van der Waals surface area contributed by atoms with E-state index in [0.717, 1.165) is 10.9 Å². The number of hydrogen-bond donors (Lipinski definition) is 2. The van der Waals surface area contributed by atoms with Gasteiger partial charge in [-0.2, -0.15) is 0 Å². The first-order chi connectivity index (χ1) is 6.33. The predicted octanol–water partition coefficient (Wildman–Crippen LogP) is 2.54. The van der Waals surface area contributed by atoms with Crippen LogP contribution in [-0.2, 0) is 0 Å². The van der Waals surface area contributed by atoms with Crippen LogP contribution in [0.1, 0.15) is 5.56 Å². The molecule has 1 aromatic heterocycles. The number of rotatable bonds is 1. The summed E-state index contributed by atoms with van der Waals surface area (Å²) < 4.78 is 0. The number of oxime groups is 1. The van der Waals surface area contributed by atoms with Gasteiger partial charge in [-0.25, -0.2) is 0 Å². The van der Waals surface area contributed by atoms with Crippen LogP contribution in [0.2, 0.25) is 0 Å². The number of para-hydroxylation sites is 1. The van der Waals surface area contributed by atoms with E-state index in [-0.39, 0.29) is 5.17 Å². The van der Waals surface area contributed by atoms with Crippen molar-refractivity contribution < 1.29 is 5.21 Å². The number of halogens is 1. The zero-order valence-corrected chi connectivity index (χ0v) is 7.42. The third-order valence-electron chi connectivity index (χ3n) is 1.90. The van der Waals surface area contributed by atoms with E-state index in [2.05, 4.69) is 10.1 Å². The Balaban J connectivity index is 2.71. The molecule has 0 bridgehead atoms. The first-order valence-electron chi connectivity index (χ1n) is 3.77. The van der Waals surface area contributed by atoms with E-state index in [1.165, 1.54) is 0 Å². The lowest BCUT2D eigenvalue weighted by molar-refractivity contribution is 0.321. The van der Waals surface area contributed by atoms with Gasteiger partial charge in [-0.05, 0) is 6.07 Å². The summed E-state index contributed by atoms with van der Waals surface area (Å²) in [7, 11) is 0. The fourth-order valence-corrected chi connectivity index (χ4v) is 1.45. The van der Waals surface area contributed by atoms with Crippen LogP contribution in [0.25, 0.3) is 10.9 Å². The van der Waals surface area contributed by atoms with Crippen molar-refractivity contribution in [3.63, 3.8) is 0 Å². The van der Waals surface area contributed by atoms with Crippen LogP contribution in [0, 0.1) is 0 Å². The molecule has 1 aromatic carbocycles. The topological polar surface area (TPSA) is 48.4 Å². The SMILES string of the molecule is O/N=C(\Cl)c1c[nH]c2ccccc12. The van der Waals surface area contributed by atoms with Crippen molar-refractivity contribution in [2.45, 2.75) is 0 Å². The van der Waals surface area contributed by atoms with E-state index in [0.29, 0.717) is 5.56 Å². The Kier molecular flexibility index (Phi) is 1.94. The van der Waals surface area contributed by atoms with Crippen LogP contribution >= 0.6 is 11.6 Å². The highest BCUT2D eigenvalue weighted by atomic mass is 35.5. The molecule has 0 saturated carbocycles. The van der Waals surface area contributed by atoms with Gasteiger partial charge in [0.1, 0.15) is 0 Å². The maximum atomic E-state index is 8.51. The van der Waals surface area contributed by atoms with Crippen molar-refractivity contribution in [1.29, 1.82) is 0 Å². The standard InChI is InChI=1S/C9H7ClN2O/c10-9(12-13)7-5-11-8-4-2-1-3-6(7)8/h1-5,11,13H/b12-9-. The second kappa shape index (κ2) is 3.11. The molecule has 4 heteroatoms. The summed E-state index contributed by atoms with van der Waals surface area (Å²) in [6.07, 6.45) is 1.72. The molecular formula is C9H7ClN2O. The zero-order chi connectivity index (χ0) is 9.26. The largest absolute Gasteiger partial charge is 0.410 e. The average Bonchev–Trinajstić information content (AvgIpc) is 2.60. The molecule has 1 heterocycles. The molecule has 0 spiro atoms. The molecule has 3 nitrogen and oxygen atoms in total. The zero-order valence-electron chi connectivity index (χ0n) is 6.66. The van der Waals surface area contributed by atoms with Crippen molar-refractivity contribution in [1.82, 2.24) is 4.98 Å². The van der Waals surface area contributed by atoms with Gasteiger partial charge in [0.15, 0.2) is 5.17 Å². The molecule has 0 unspecified atom stereocenters. The van der Waals surface area contributed by atoms with Crippen LogP contribution in [-0.4, -0.2) is 15.4 Å². The van der Waals surface area contributed by atoms with E-state index in [1.807, 2.05) is 24.3 Å². The minimum Gasteiger partial charge on any atom is -0.410 e. The van der Waals surface area contributed by atoms with E-state index in [4.69, 9.17) is 16.8 Å². The number of nitrogens with one attached hydrogen (secondary N) is 1. The lowest BCUT2D eigenvalue weighted by atomic mass is 10.2. The Bertz CT molecular complexity index is 461. The minimum atomic E-state index is 0.0949. The van der Waals surface area contributed by atoms with Crippen molar-refractivity contribution >= 4 is 27.7 Å². The van der Waals surface area contributed by atoms with Gasteiger partial charge in [-0.3, -0.25) is 0 Å². The maximum Gasteiger partial charge on any atom is 0.177 e. The summed E-state index contributed by atoms with van der Waals surface area (Å²) in [5, 5.41) is 12.5. The third-order valence-corrected chi connectivity index (χ3v) is 2.18. The van der Waals surface area contributed by atoms with Gasteiger partial charge in [-0.15, -0.1) is 0 Å². The molecule has 0 saturated heterocycles. The predicted molar refractivity (Wildman–Crippen MR) is 52.5 cm³/mol. The lowest BCUT2D eigenvalue weighted by Crippen LogP contribution is -1.87. The molecule has 2 rings (SSSR count). The smallest absolute Gasteiger partial charge is 0.177 e. The van der Waals surface area contributed by atoms with Crippen LogP contribution in [0.15, 0.2) is 35.6 Å². The number of aromatic nitrogens is 1. The maximum absolute atomic E-state index is 8.51. The van der Waals surface area contributed by atoms with Gasteiger partial charge >= 0.3 is 0 Å². The highest BCUT2D eigenvalue weighted by molar-refractivity contribution is 6.70. The molecular weight excluding hydrogens is 188 g/mol. The first kappa shape index (κ1) is 8.13. The van der Waals surface area contributed by atoms with Crippen LogP contribution in [0.3, 0.4) is 0 Å². The summed E-state index contributed by atoms with van der Waals surface area (Å²) >= 11 is 5.69. The lowest BCUT2D eigenvalue weighted by Gasteiger charge is -1.92. The summed E-state index contributed by atoms with van der Waals surface area (Å²) in [6.45, 7) is 0. The van der Waals surface area contributed by atoms with Crippen molar-refractivity contribution in [2.75, 3.05) is 0 Å². The molecule has 2 aromatic rings. The number of hydrogen-bond acceptors (Lipinski definition) is 2. The number of nitrogens with zero attached hydrogens (tertiary/aromatic N) is 1. The van der Waals surface area contributed by atoms with Gasteiger partial charge in [-0.1, -0.05) is 35.0 Å². The molecule has 0 radical (unpaired) electrons. The highest BCUT2D eigenvalue weighted by Gasteiger charge is 2.06. The van der Waals surface area contributed by atoms with Crippen LogP contribution in [0.5, 0.6) is 0 Å². The molecule has 2 N–H and O–H groups in total. The van der Waals surface area contributed by atoms with E-state index in [9.17, 15) is 0 Å². The van der Waals surface area contributed by atoms with Gasteiger partial charge < -0.3 is 10.2 Å². The van der Waals surface area contributed by atoms with Gasteiger partial charge in [0.05, 0.1) is 0 Å². The third kappa shape index (κ3) is 1.27. The van der Waals surface area contributed by atoms with Gasteiger partial charge in [0.2, 0.25) is 0 Å². The number of fused-ring (bicyclic) bond motifs is 1. The first-order valence-corrected chi connectivity index (χ1v) is 4.15. The van der Waals surface area contributed by atoms with Crippen LogP contribution in [0.4, 0.5) is 0 Å². The molecule has 0 aliphatic carbocycles. The minimum absolute atomic E-state index is 0.0949. The Labute approximate surface area is 79.6 Å². The Morgan fingerprint density at radius 3 is 2.92 bits per heavy atom. The Hall–Kier alpha value is -1.48. The monoisotopic (exact) mass is 194 g/mol. The molecule has 0 atom stereocenters. The summed E-state index contributed by atoms with van der Waals surface area (Å²) in [5.41, 5.74) is 1.68. The second-order valence-corrected chi connectivity index (χ2v) is 3.00. The fraction of sp³-hybridized carbons (Fsp3) is 0. The van der Waals surface area contributed by atoms with Crippen molar-refractivity contribution in [2.24, 2.45) is 5.16 Å². The Morgan fingerprint density at radius 1 is 1.38 bits per heavy atom. The number of H-pyrrole nitrogens is 1. The number of aromatic amines is 1. The normalized spacial score (nSPS) is 12.2. The summed E-state index contributed by atoms with van der Waals surface area (Å²) in [4.78, 5) is 3.03. The molecule has 0 aliphatic heterocycles. The van der Waals surface area contributed by atoms with Crippen molar-refractivity contribution in [3.8, 4) is 0 Å². The molecule has 0 amide bonds. The quantitative estimate of drug-likeness (QED) is 0.409. The number of benzene rings is 1. The van der Waals surface area contributed by atoms with E-state index in [1.54, 1.807) is 6.20 Å². The Morgan fingerprint density at radius 2 is 2.15 bits per heavy atom. The highest BCUT2D eigenvalue weighted by Crippen LogP contribution is 2.19. The van der Waals surface area contributed by atoms with E-state index >= 15 is 0 Å². The molecule has 66 valence electrons. The van der Waals surface area contributed by atoms with Crippen molar-refractivity contribution in [3.05, 3.63) is 36.0 Å².